The standard InChI is InChI=1S/C12H18N2O3/c1-12(2,17)8-14(3)7-10-5-4-9(6-13-10)11(15)16/h4-6,17H,7-8H2,1-3H3,(H,15,16). The molecule has 0 saturated carbocycles. The Kier molecular flexibility index (Phi) is 4.20. The number of carboxylic acid groups (broad SMARTS) is 1. The van der Waals surface area contributed by atoms with Gasteiger partial charge in [-0.05, 0) is 33.0 Å². The van der Waals surface area contributed by atoms with E-state index in [-0.39, 0.29) is 5.56 Å². The molecule has 0 unspecified atom stereocenters. The third kappa shape index (κ3) is 4.93. The second-order valence-corrected chi connectivity index (χ2v) is 4.83. The van der Waals surface area contributed by atoms with E-state index in [0.29, 0.717) is 13.1 Å². The van der Waals surface area contributed by atoms with Crippen molar-refractivity contribution in [2.45, 2.75) is 26.0 Å². The lowest BCUT2D eigenvalue weighted by Crippen LogP contribution is -2.35. The molecule has 0 fully saturated rings. The minimum Gasteiger partial charge on any atom is -0.478 e. The van der Waals surface area contributed by atoms with Crippen LogP contribution in [0.2, 0.25) is 0 Å². The van der Waals surface area contributed by atoms with Crippen LogP contribution in [0.4, 0.5) is 0 Å². The highest BCUT2D eigenvalue weighted by Gasteiger charge is 2.15. The predicted molar refractivity (Wildman–Crippen MR) is 63.8 cm³/mol. The Morgan fingerprint density at radius 1 is 1.47 bits per heavy atom. The van der Waals surface area contributed by atoms with Gasteiger partial charge in [-0.1, -0.05) is 0 Å². The van der Waals surface area contributed by atoms with Gasteiger partial charge in [0.15, 0.2) is 0 Å². The summed E-state index contributed by atoms with van der Waals surface area (Å²) in [6, 6.07) is 3.22. The Labute approximate surface area is 101 Å². The average Bonchev–Trinajstić information content (AvgIpc) is 2.15. The van der Waals surface area contributed by atoms with Gasteiger partial charge in [0.25, 0.3) is 0 Å². The van der Waals surface area contributed by atoms with E-state index < -0.39 is 11.6 Å². The molecule has 0 aromatic carbocycles. The fourth-order valence-corrected chi connectivity index (χ4v) is 1.64. The van der Waals surface area contributed by atoms with Gasteiger partial charge in [0.05, 0.1) is 16.9 Å². The molecule has 1 rings (SSSR count). The number of hydrogen-bond donors (Lipinski definition) is 2. The molecular weight excluding hydrogens is 220 g/mol. The van der Waals surface area contributed by atoms with Gasteiger partial charge in [-0.3, -0.25) is 9.88 Å². The minimum atomic E-state index is -0.978. The number of likely N-dealkylation sites (N-methyl/N-ethyl adjacent to an activating group) is 1. The molecule has 1 heterocycles. The molecule has 1 aromatic heterocycles. The van der Waals surface area contributed by atoms with E-state index in [1.54, 1.807) is 19.9 Å². The number of aromatic nitrogens is 1. The Morgan fingerprint density at radius 2 is 2.12 bits per heavy atom. The van der Waals surface area contributed by atoms with Gasteiger partial charge in [-0.2, -0.15) is 0 Å². The number of carboxylic acids is 1. The normalized spacial score (nSPS) is 11.8. The van der Waals surface area contributed by atoms with Crippen molar-refractivity contribution in [3.8, 4) is 0 Å². The molecule has 0 aliphatic heterocycles. The molecule has 5 nitrogen and oxygen atoms in total. The maximum atomic E-state index is 10.6. The van der Waals surface area contributed by atoms with Crippen LogP contribution in [0, 0.1) is 0 Å². The largest absolute Gasteiger partial charge is 0.478 e. The SMILES string of the molecule is CN(Cc1ccc(C(=O)O)cn1)CC(C)(C)O. The Balaban J connectivity index is 2.60. The van der Waals surface area contributed by atoms with Crippen LogP contribution in [0.3, 0.4) is 0 Å². The van der Waals surface area contributed by atoms with Crippen LogP contribution in [0.5, 0.6) is 0 Å². The summed E-state index contributed by atoms with van der Waals surface area (Å²) in [5, 5.41) is 18.4. The van der Waals surface area contributed by atoms with Gasteiger partial charge in [-0.25, -0.2) is 4.79 Å². The van der Waals surface area contributed by atoms with Crippen molar-refractivity contribution in [2.75, 3.05) is 13.6 Å². The van der Waals surface area contributed by atoms with Crippen molar-refractivity contribution in [1.29, 1.82) is 0 Å². The fourth-order valence-electron chi connectivity index (χ4n) is 1.64. The van der Waals surface area contributed by atoms with Crippen molar-refractivity contribution >= 4 is 5.97 Å². The quantitative estimate of drug-likeness (QED) is 0.800. The van der Waals surface area contributed by atoms with E-state index in [9.17, 15) is 9.90 Å². The highest BCUT2D eigenvalue weighted by atomic mass is 16.4. The minimum absolute atomic E-state index is 0.180. The van der Waals surface area contributed by atoms with E-state index >= 15 is 0 Å². The zero-order chi connectivity index (χ0) is 13.1. The topological polar surface area (TPSA) is 73.7 Å². The molecule has 2 N–H and O–H groups in total. The number of aromatic carboxylic acids is 1. The van der Waals surface area contributed by atoms with Crippen molar-refractivity contribution in [3.05, 3.63) is 29.6 Å². The Morgan fingerprint density at radius 3 is 2.53 bits per heavy atom. The van der Waals surface area contributed by atoms with Crippen molar-refractivity contribution < 1.29 is 15.0 Å². The molecule has 0 aliphatic carbocycles. The van der Waals surface area contributed by atoms with Gasteiger partial charge >= 0.3 is 5.97 Å². The van der Waals surface area contributed by atoms with Gasteiger partial charge in [-0.15, -0.1) is 0 Å². The summed E-state index contributed by atoms with van der Waals surface area (Å²) < 4.78 is 0. The molecule has 5 heteroatoms. The van der Waals surface area contributed by atoms with Crippen molar-refractivity contribution in [1.82, 2.24) is 9.88 Å². The second kappa shape index (κ2) is 5.25. The molecule has 0 atom stereocenters. The summed E-state index contributed by atoms with van der Waals surface area (Å²) >= 11 is 0. The van der Waals surface area contributed by atoms with E-state index in [4.69, 9.17) is 5.11 Å². The summed E-state index contributed by atoms with van der Waals surface area (Å²) in [7, 11) is 1.88. The highest BCUT2D eigenvalue weighted by Crippen LogP contribution is 2.07. The molecule has 0 radical (unpaired) electrons. The average molecular weight is 238 g/mol. The van der Waals surface area contributed by atoms with E-state index in [1.807, 2.05) is 11.9 Å². The van der Waals surface area contributed by atoms with Crippen LogP contribution in [-0.4, -0.2) is 45.3 Å². The van der Waals surface area contributed by atoms with Crippen LogP contribution >= 0.6 is 0 Å². The van der Waals surface area contributed by atoms with E-state index in [1.165, 1.54) is 12.3 Å². The van der Waals surface area contributed by atoms with Gasteiger partial charge < -0.3 is 10.2 Å². The predicted octanol–water partition coefficient (Wildman–Crippen LogP) is 0.982. The Hall–Kier alpha value is -1.46. The molecule has 1 aromatic rings. The van der Waals surface area contributed by atoms with Crippen LogP contribution < -0.4 is 0 Å². The smallest absolute Gasteiger partial charge is 0.337 e. The fraction of sp³-hybridized carbons (Fsp3) is 0.500. The lowest BCUT2D eigenvalue weighted by molar-refractivity contribution is 0.0421. The lowest BCUT2D eigenvalue weighted by atomic mass is 10.1. The van der Waals surface area contributed by atoms with Crippen molar-refractivity contribution in [3.63, 3.8) is 0 Å². The van der Waals surface area contributed by atoms with Gasteiger partial charge in [0.2, 0.25) is 0 Å². The first kappa shape index (κ1) is 13.6. The number of pyridine rings is 1. The molecule has 94 valence electrons. The molecule has 0 saturated heterocycles. The first-order valence-electron chi connectivity index (χ1n) is 5.37. The molecule has 0 bridgehead atoms. The molecule has 0 aliphatic rings. The van der Waals surface area contributed by atoms with Crippen molar-refractivity contribution in [2.24, 2.45) is 0 Å². The second-order valence-electron chi connectivity index (χ2n) is 4.83. The molecule has 0 spiro atoms. The zero-order valence-electron chi connectivity index (χ0n) is 10.3. The van der Waals surface area contributed by atoms with Crippen LogP contribution in [0.1, 0.15) is 29.9 Å². The molecule has 0 amide bonds. The summed E-state index contributed by atoms with van der Waals surface area (Å²) in [5.41, 5.74) is 0.205. The summed E-state index contributed by atoms with van der Waals surface area (Å²) in [6.07, 6.45) is 1.34. The first-order valence-corrected chi connectivity index (χ1v) is 5.37. The Bertz CT molecular complexity index is 382. The number of carbonyl (C=O) groups is 1. The molecule has 17 heavy (non-hydrogen) atoms. The third-order valence-electron chi connectivity index (χ3n) is 2.16. The molecular formula is C12H18N2O3. The third-order valence-corrected chi connectivity index (χ3v) is 2.16. The van der Waals surface area contributed by atoms with E-state index in [2.05, 4.69) is 4.98 Å². The number of hydrogen-bond acceptors (Lipinski definition) is 4. The van der Waals surface area contributed by atoms with Crippen LogP contribution in [-0.2, 0) is 6.54 Å². The highest BCUT2D eigenvalue weighted by molar-refractivity contribution is 5.87. The maximum absolute atomic E-state index is 10.6. The lowest BCUT2D eigenvalue weighted by Gasteiger charge is -2.25. The first-order chi connectivity index (χ1) is 7.78. The summed E-state index contributed by atoms with van der Waals surface area (Å²) in [5.74, 6) is -0.978. The summed E-state index contributed by atoms with van der Waals surface area (Å²) in [6.45, 7) is 4.58. The van der Waals surface area contributed by atoms with Crippen LogP contribution in [0.15, 0.2) is 18.3 Å². The van der Waals surface area contributed by atoms with E-state index in [0.717, 1.165) is 5.69 Å². The van der Waals surface area contributed by atoms with Gasteiger partial charge in [0.1, 0.15) is 0 Å². The van der Waals surface area contributed by atoms with Gasteiger partial charge in [0, 0.05) is 19.3 Å². The number of aliphatic hydroxyl groups is 1. The maximum Gasteiger partial charge on any atom is 0.337 e. The number of rotatable bonds is 5. The number of nitrogens with zero attached hydrogens (tertiary/aromatic N) is 2. The van der Waals surface area contributed by atoms with Crippen LogP contribution in [0.25, 0.3) is 0 Å². The zero-order valence-corrected chi connectivity index (χ0v) is 10.3. The monoisotopic (exact) mass is 238 g/mol. The summed E-state index contributed by atoms with van der Waals surface area (Å²) in [4.78, 5) is 16.6.